The van der Waals surface area contributed by atoms with Gasteiger partial charge in [-0.05, 0) is 58.4 Å². The molecule has 1 aliphatic carbocycles. The van der Waals surface area contributed by atoms with Gasteiger partial charge in [-0.25, -0.2) is 8.42 Å². The number of nitrogens with one attached hydrogen (secondary N) is 1. The Morgan fingerprint density at radius 2 is 1.40 bits per heavy atom. The number of likely N-dealkylation sites (tertiary alicyclic amines) is 1. The standard InChI is InChI=1S/C30H30N2O2S/c1-35(33,34)31-27-16-12-23(13-17-27)7-6-20-32-21-18-26(19-22-32)30-28-10-4-2-8-24(28)14-15-25-9-3-5-11-29(25)30/h2-17,31H,18-22H2,1H3/b7-6+. The van der Waals surface area contributed by atoms with Crippen LogP contribution in [0.3, 0.4) is 0 Å². The van der Waals surface area contributed by atoms with Gasteiger partial charge >= 0.3 is 0 Å². The molecule has 1 saturated heterocycles. The largest absolute Gasteiger partial charge is 0.299 e. The van der Waals surface area contributed by atoms with Gasteiger partial charge in [-0.3, -0.25) is 9.62 Å². The Balaban J connectivity index is 1.28. The first kappa shape index (κ1) is 23.3. The first-order chi connectivity index (χ1) is 17.0. The smallest absolute Gasteiger partial charge is 0.229 e. The van der Waals surface area contributed by atoms with Crippen molar-refractivity contribution >= 4 is 39.5 Å². The maximum absolute atomic E-state index is 11.4. The van der Waals surface area contributed by atoms with Crippen LogP contribution in [0, 0.1) is 0 Å². The molecule has 35 heavy (non-hydrogen) atoms. The number of hydrogen-bond donors (Lipinski definition) is 1. The zero-order chi connectivity index (χ0) is 24.3. The minimum absolute atomic E-state index is 0.582. The summed E-state index contributed by atoms with van der Waals surface area (Å²) in [7, 11) is -3.25. The van der Waals surface area contributed by atoms with Crippen molar-refractivity contribution in [1.82, 2.24) is 4.90 Å². The Kier molecular flexibility index (Phi) is 6.71. The Morgan fingerprint density at radius 3 is 1.97 bits per heavy atom. The molecule has 0 unspecified atom stereocenters. The third-order valence-corrected chi connectivity index (χ3v) is 7.21. The summed E-state index contributed by atoms with van der Waals surface area (Å²) in [5.41, 5.74) is 9.85. The summed E-state index contributed by atoms with van der Waals surface area (Å²) in [5, 5.41) is 0. The van der Waals surface area contributed by atoms with E-state index < -0.39 is 10.0 Å². The van der Waals surface area contributed by atoms with Crippen LogP contribution < -0.4 is 4.72 Å². The summed E-state index contributed by atoms with van der Waals surface area (Å²) >= 11 is 0. The summed E-state index contributed by atoms with van der Waals surface area (Å²) in [6.07, 6.45) is 12.1. The van der Waals surface area contributed by atoms with Crippen LogP contribution in [0.4, 0.5) is 5.69 Å². The summed E-state index contributed by atoms with van der Waals surface area (Å²) in [6.45, 7) is 2.98. The van der Waals surface area contributed by atoms with Crippen molar-refractivity contribution in [1.29, 1.82) is 0 Å². The maximum Gasteiger partial charge on any atom is 0.229 e. The number of fused-ring (bicyclic) bond motifs is 2. The van der Waals surface area contributed by atoms with Crippen molar-refractivity contribution in [3.8, 4) is 0 Å². The van der Waals surface area contributed by atoms with E-state index in [4.69, 9.17) is 0 Å². The first-order valence-electron chi connectivity index (χ1n) is 12.0. The predicted octanol–water partition coefficient (Wildman–Crippen LogP) is 6.15. The molecule has 0 amide bonds. The molecule has 1 fully saturated rings. The Morgan fingerprint density at radius 1 is 0.829 bits per heavy atom. The summed E-state index contributed by atoms with van der Waals surface area (Å²) in [6, 6.07) is 24.9. The number of hydrogen-bond acceptors (Lipinski definition) is 3. The van der Waals surface area contributed by atoms with E-state index in [1.54, 1.807) is 17.7 Å². The van der Waals surface area contributed by atoms with E-state index in [1.165, 1.54) is 27.8 Å². The van der Waals surface area contributed by atoms with Crippen molar-refractivity contribution in [2.24, 2.45) is 0 Å². The van der Waals surface area contributed by atoms with Crippen LogP contribution in [0.2, 0.25) is 0 Å². The highest BCUT2D eigenvalue weighted by atomic mass is 32.2. The third kappa shape index (κ3) is 5.64. The molecule has 0 atom stereocenters. The Hall–Kier alpha value is -3.41. The lowest BCUT2D eigenvalue weighted by Crippen LogP contribution is -2.31. The van der Waals surface area contributed by atoms with Crippen molar-refractivity contribution in [3.63, 3.8) is 0 Å². The molecule has 1 N–H and O–H groups in total. The van der Waals surface area contributed by atoms with Gasteiger partial charge in [0, 0.05) is 25.3 Å². The van der Waals surface area contributed by atoms with E-state index in [-0.39, 0.29) is 0 Å². The van der Waals surface area contributed by atoms with E-state index in [9.17, 15) is 8.42 Å². The van der Waals surface area contributed by atoms with Crippen molar-refractivity contribution in [3.05, 3.63) is 112 Å². The van der Waals surface area contributed by atoms with Crippen molar-refractivity contribution < 1.29 is 8.42 Å². The monoisotopic (exact) mass is 482 g/mol. The second-order valence-corrected chi connectivity index (χ2v) is 10.9. The number of benzene rings is 3. The average molecular weight is 483 g/mol. The highest BCUT2D eigenvalue weighted by Gasteiger charge is 2.22. The molecular weight excluding hydrogens is 452 g/mol. The second kappa shape index (κ2) is 10.1. The normalized spacial score (nSPS) is 16.1. The van der Waals surface area contributed by atoms with Crippen LogP contribution >= 0.6 is 0 Å². The van der Waals surface area contributed by atoms with Crippen molar-refractivity contribution in [2.75, 3.05) is 30.6 Å². The van der Waals surface area contributed by atoms with Gasteiger partial charge in [-0.15, -0.1) is 0 Å². The number of anilines is 1. The molecular formula is C30H30N2O2S. The highest BCUT2D eigenvalue weighted by Crippen LogP contribution is 2.38. The molecule has 1 aliphatic heterocycles. The molecule has 1 heterocycles. The topological polar surface area (TPSA) is 49.4 Å². The molecule has 0 saturated carbocycles. The van der Waals surface area contributed by atoms with Gasteiger partial charge < -0.3 is 0 Å². The number of sulfonamides is 1. The van der Waals surface area contributed by atoms with Crippen LogP contribution in [0.25, 0.3) is 23.8 Å². The lowest BCUT2D eigenvalue weighted by atomic mass is 9.86. The minimum Gasteiger partial charge on any atom is -0.299 e. The molecule has 3 aromatic carbocycles. The number of rotatable bonds is 5. The quantitative estimate of drug-likeness (QED) is 0.371. The van der Waals surface area contributed by atoms with Gasteiger partial charge in [0.05, 0.1) is 6.26 Å². The van der Waals surface area contributed by atoms with E-state index in [1.807, 2.05) is 12.1 Å². The van der Waals surface area contributed by atoms with Gasteiger partial charge in [-0.1, -0.05) is 90.5 Å². The van der Waals surface area contributed by atoms with Gasteiger partial charge in [0.2, 0.25) is 10.0 Å². The van der Waals surface area contributed by atoms with Crippen LogP contribution in [-0.4, -0.2) is 39.2 Å². The van der Waals surface area contributed by atoms with Crippen LogP contribution in [0.5, 0.6) is 0 Å². The minimum atomic E-state index is -3.25. The zero-order valence-corrected chi connectivity index (χ0v) is 20.8. The van der Waals surface area contributed by atoms with Crippen LogP contribution in [0.15, 0.2) is 84.4 Å². The molecule has 5 rings (SSSR count). The van der Waals surface area contributed by atoms with Crippen LogP contribution in [-0.2, 0) is 10.0 Å². The molecule has 4 nitrogen and oxygen atoms in total. The summed E-state index contributed by atoms with van der Waals surface area (Å²) in [4.78, 5) is 2.49. The molecule has 3 aromatic rings. The van der Waals surface area contributed by atoms with Gasteiger partial charge in [-0.2, -0.15) is 0 Å². The molecule has 0 spiro atoms. The molecule has 5 heteroatoms. The Labute approximate surface area is 208 Å². The molecule has 178 valence electrons. The molecule has 0 bridgehead atoms. The fourth-order valence-electron chi connectivity index (χ4n) is 4.92. The summed E-state index contributed by atoms with van der Waals surface area (Å²) in [5.74, 6) is 0. The molecule has 0 radical (unpaired) electrons. The lowest BCUT2D eigenvalue weighted by molar-refractivity contribution is 0.284. The van der Waals surface area contributed by atoms with Gasteiger partial charge in [0.1, 0.15) is 0 Å². The fourth-order valence-corrected chi connectivity index (χ4v) is 5.48. The Bertz CT molecular complexity index is 1360. The number of piperidine rings is 1. The number of nitrogens with zero attached hydrogens (tertiary/aromatic N) is 1. The van der Waals surface area contributed by atoms with Crippen molar-refractivity contribution in [2.45, 2.75) is 12.8 Å². The van der Waals surface area contributed by atoms with E-state index in [0.29, 0.717) is 5.69 Å². The first-order valence-corrected chi connectivity index (χ1v) is 13.9. The SMILES string of the molecule is CS(=O)(=O)Nc1ccc(/C=C/CN2CCC(=C3c4ccccc4C=Cc4ccccc43)CC2)cc1. The maximum atomic E-state index is 11.4. The second-order valence-electron chi connectivity index (χ2n) is 9.19. The molecule has 0 aromatic heterocycles. The van der Waals surface area contributed by atoms with Gasteiger partial charge in [0.25, 0.3) is 0 Å². The van der Waals surface area contributed by atoms with Crippen LogP contribution in [0.1, 0.15) is 40.7 Å². The van der Waals surface area contributed by atoms with E-state index >= 15 is 0 Å². The van der Waals surface area contributed by atoms with Gasteiger partial charge in [0.15, 0.2) is 0 Å². The highest BCUT2D eigenvalue weighted by molar-refractivity contribution is 7.92. The zero-order valence-electron chi connectivity index (χ0n) is 19.9. The van der Waals surface area contributed by atoms with E-state index in [2.05, 4.69) is 82.5 Å². The van der Waals surface area contributed by atoms with E-state index in [0.717, 1.165) is 44.3 Å². The summed E-state index contributed by atoms with van der Waals surface area (Å²) < 4.78 is 25.2. The predicted molar refractivity (Wildman–Crippen MR) is 147 cm³/mol. The lowest BCUT2D eigenvalue weighted by Gasteiger charge is -2.29. The third-order valence-electron chi connectivity index (χ3n) is 6.60. The fraction of sp³-hybridized carbons (Fsp3) is 0.200. The molecule has 2 aliphatic rings. The average Bonchev–Trinajstić information content (AvgIpc) is 3.02.